The van der Waals surface area contributed by atoms with Gasteiger partial charge < -0.3 is 33.3 Å². The Morgan fingerprint density at radius 3 is 1.00 bits per heavy atom. The molecule has 0 N–H and O–H groups in total. The first kappa shape index (κ1) is 72.0. The van der Waals surface area contributed by atoms with Crippen molar-refractivity contribution in [1.82, 2.24) is 0 Å². The maximum Gasteiger partial charge on any atom is 0.306 e. The van der Waals surface area contributed by atoms with Crippen LogP contribution in [0.25, 0.3) is 0 Å². The zero-order valence-corrected chi connectivity index (χ0v) is 50.0. The highest BCUT2D eigenvalue weighted by molar-refractivity contribution is 5.70. The lowest BCUT2D eigenvalue weighted by molar-refractivity contribution is -0.870. The fourth-order valence-electron chi connectivity index (χ4n) is 9.77. The van der Waals surface area contributed by atoms with Gasteiger partial charge in [-0.2, -0.15) is 0 Å². The van der Waals surface area contributed by atoms with Crippen LogP contribution in [0.3, 0.4) is 0 Å². The Morgan fingerprint density at radius 1 is 0.392 bits per heavy atom. The highest BCUT2D eigenvalue weighted by Gasteiger charge is 2.22. The molecule has 2 atom stereocenters. The van der Waals surface area contributed by atoms with Crippen LogP contribution in [-0.4, -0.2) is 82.3 Å². The maximum atomic E-state index is 12.8. The van der Waals surface area contributed by atoms with Gasteiger partial charge in [-0.3, -0.25) is 9.59 Å². The summed E-state index contributed by atoms with van der Waals surface area (Å²) < 4.78 is 22.7. The van der Waals surface area contributed by atoms with Gasteiger partial charge in [0.05, 0.1) is 40.3 Å². The van der Waals surface area contributed by atoms with Crippen molar-refractivity contribution in [3.05, 3.63) is 12.2 Å². The van der Waals surface area contributed by atoms with Crippen LogP contribution in [-0.2, 0) is 33.3 Å². The Morgan fingerprint density at radius 2 is 0.689 bits per heavy atom. The van der Waals surface area contributed by atoms with Crippen LogP contribution in [0.5, 0.6) is 0 Å². The Kier molecular flexibility index (Phi) is 55.7. The summed E-state index contributed by atoms with van der Waals surface area (Å²) >= 11 is 0. The standard InChI is InChI=1S/C65H125NO8/c1-6-8-10-12-14-16-18-19-20-21-22-23-24-25-26-27-28-29-30-31-32-33-34-35-36-37-38-39-40-41-42-43-44-45-46-48-50-52-54-56-63(68)74-61(60-73-65(64(69)70)71-58-57-66(3,4)5)59-72-62(67)55-53-51-49-47-17-15-13-11-9-7-2/h21-22,61,65H,6-20,23-60H2,1-5H3/b22-21-. The molecular formula is C65H125NO8. The number of carboxylic acid groups (broad SMARTS) is 1. The van der Waals surface area contributed by atoms with Crippen molar-refractivity contribution in [1.29, 1.82) is 0 Å². The van der Waals surface area contributed by atoms with Crippen LogP contribution < -0.4 is 5.11 Å². The van der Waals surface area contributed by atoms with E-state index in [1.807, 2.05) is 21.1 Å². The number of unbranched alkanes of at least 4 members (excludes halogenated alkanes) is 44. The quantitative estimate of drug-likeness (QED) is 0.0195. The number of ether oxygens (including phenoxy) is 4. The number of carbonyl (C=O) groups is 3. The smallest absolute Gasteiger partial charge is 0.306 e. The molecule has 0 bridgehead atoms. The summed E-state index contributed by atoms with van der Waals surface area (Å²) in [6, 6.07) is 0. The molecule has 0 heterocycles. The summed E-state index contributed by atoms with van der Waals surface area (Å²) in [7, 11) is 5.93. The molecule has 0 amide bonds. The van der Waals surface area contributed by atoms with Crippen LogP contribution >= 0.6 is 0 Å². The number of rotatable bonds is 61. The van der Waals surface area contributed by atoms with E-state index in [1.165, 1.54) is 263 Å². The number of hydrogen-bond donors (Lipinski definition) is 0. The summed E-state index contributed by atoms with van der Waals surface area (Å²) in [5.41, 5.74) is 0. The van der Waals surface area contributed by atoms with Gasteiger partial charge in [0.15, 0.2) is 12.4 Å². The predicted octanol–water partition coefficient (Wildman–Crippen LogP) is 18.0. The second kappa shape index (κ2) is 57.2. The van der Waals surface area contributed by atoms with E-state index < -0.39 is 24.3 Å². The number of likely N-dealkylation sites (N-methyl/N-ethyl adjacent to an activating group) is 1. The molecule has 438 valence electrons. The van der Waals surface area contributed by atoms with Crippen LogP contribution in [0.4, 0.5) is 0 Å². The molecule has 2 unspecified atom stereocenters. The van der Waals surface area contributed by atoms with Gasteiger partial charge in [-0.1, -0.05) is 289 Å². The molecule has 0 radical (unpaired) electrons. The molecule has 0 spiro atoms. The van der Waals surface area contributed by atoms with Crippen LogP contribution in [0.1, 0.15) is 328 Å². The normalized spacial score (nSPS) is 12.7. The van der Waals surface area contributed by atoms with E-state index >= 15 is 0 Å². The Balaban J connectivity index is 3.84. The minimum Gasteiger partial charge on any atom is -0.545 e. The van der Waals surface area contributed by atoms with Gasteiger partial charge in [0, 0.05) is 12.8 Å². The molecule has 0 saturated heterocycles. The topological polar surface area (TPSA) is 111 Å². The lowest BCUT2D eigenvalue weighted by Gasteiger charge is -2.26. The number of carboxylic acids is 1. The van der Waals surface area contributed by atoms with Gasteiger partial charge >= 0.3 is 11.9 Å². The van der Waals surface area contributed by atoms with Crippen molar-refractivity contribution in [2.24, 2.45) is 0 Å². The Labute approximate surface area is 459 Å². The van der Waals surface area contributed by atoms with Crippen molar-refractivity contribution in [2.45, 2.75) is 341 Å². The van der Waals surface area contributed by atoms with Gasteiger partial charge in [-0.15, -0.1) is 0 Å². The number of aliphatic carboxylic acids is 1. The molecule has 0 rings (SSSR count). The third kappa shape index (κ3) is 57.7. The molecule has 74 heavy (non-hydrogen) atoms. The SMILES string of the molecule is CCCCCCCCCC/C=C\CCCCCCCCCCCCCCCCCCCCCCCCCCCCCC(=O)OC(COC(=O)CCCCCCCCCCCC)COC(OCC[N+](C)(C)C)C(=O)[O-]. The highest BCUT2D eigenvalue weighted by atomic mass is 16.7. The molecule has 0 fully saturated rings. The van der Waals surface area contributed by atoms with Gasteiger partial charge in [-0.25, -0.2) is 0 Å². The molecule has 0 aliphatic heterocycles. The number of nitrogens with zero attached hydrogens (tertiary/aromatic N) is 1. The zero-order valence-electron chi connectivity index (χ0n) is 50.0. The lowest BCUT2D eigenvalue weighted by Crippen LogP contribution is -2.44. The summed E-state index contributed by atoms with van der Waals surface area (Å²) in [6.07, 6.45) is 64.7. The summed E-state index contributed by atoms with van der Waals surface area (Å²) in [5.74, 6) is -2.26. The number of carbonyl (C=O) groups excluding carboxylic acids is 3. The molecular weight excluding hydrogens is 923 g/mol. The van der Waals surface area contributed by atoms with Crippen molar-refractivity contribution in [3.63, 3.8) is 0 Å². The Bertz CT molecular complexity index is 1220. The van der Waals surface area contributed by atoms with E-state index in [4.69, 9.17) is 18.9 Å². The molecule has 9 heteroatoms. The molecule has 0 aromatic heterocycles. The molecule has 0 aliphatic carbocycles. The van der Waals surface area contributed by atoms with E-state index in [-0.39, 0.29) is 32.2 Å². The van der Waals surface area contributed by atoms with E-state index in [0.717, 1.165) is 38.5 Å². The van der Waals surface area contributed by atoms with E-state index in [9.17, 15) is 19.5 Å². The molecule has 0 aromatic carbocycles. The summed E-state index contributed by atoms with van der Waals surface area (Å²) in [5, 5.41) is 11.7. The van der Waals surface area contributed by atoms with Crippen molar-refractivity contribution in [2.75, 3.05) is 47.5 Å². The van der Waals surface area contributed by atoms with Crippen LogP contribution in [0.15, 0.2) is 12.2 Å². The highest BCUT2D eigenvalue weighted by Crippen LogP contribution is 2.18. The number of allylic oxidation sites excluding steroid dienone is 2. The number of hydrogen-bond acceptors (Lipinski definition) is 8. The van der Waals surface area contributed by atoms with Gasteiger partial charge in [0.1, 0.15) is 13.2 Å². The zero-order chi connectivity index (χ0) is 54.1. The van der Waals surface area contributed by atoms with Gasteiger partial charge in [0.25, 0.3) is 0 Å². The third-order valence-corrected chi connectivity index (χ3v) is 14.8. The molecule has 0 aromatic rings. The van der Waals surface area contributed by atoms with Crippen LogP contribution in [0, 0.1) is 0 Å². The molecule has 0 aliphatic rings. The first-order chi connectivity index (χ1) is 36.1. The van der Waals surface area contributed by atoms with Crippen molar-refractivity contribution < 1.29 is 42.9 Å². The lowest BCUT2D eigenvalue weighted by atomic mass is 10.0. The van der Waals surface area contributed by atoms with Gasteiger partial charge in [-0.05, 0) is 38.5 Å². The third-order valence-electron chi connectivity index (χ3n) is 14.8. The average Bonchev–Trinajstić information content (AvgIpc) is 3.37. The minimum absolute atomic E-state index is 0.152. The second-order valence-corrected chi connectivity index (χ2v) is 23.4. The summed E-state index contributed by atoms with van der Waals surface area (Å²) in [6.45, 7) is 4.78. The summed E-state index contributed by atoms with van der Waals surface area (Å²) in [4.78, 5) is 37.1. The fraction of sp³-hybridized carbons (Fsp3) is 0.923. The minimum atomic E-state index is -1.61. The monoisotopic (exact) mass is 1050 g/mol. The maximum absolute atomic E-state index is 12.8. The second-order valence-electron chi connectivity index (χ2n) is 23.4. The first-order valence-corrected chi connectivity index (χ1v) is 32.3. The largest absolute Gasteiger partial charge is 0.545 e. The van der Waals surface area contributed by atoms with Crippen molar-refractivity contribution >= 4 is 17.9 Å². The fourth-order valence-corrected chi connectivity index (χ4v) is 9.77. The first-order valence-electron chi connectivity index (χ1n) is 32.3. The molecule has 9 nitrogen and oxygen atoms in total. The van der Waals surface area contributed by atoms with Crippen LogP contribution in [0.2, 0.25) is 0 Å². The van der Waals surface area contributed by atoms with Crippen molar-refractivity contribution in [3.8, 4) is 0 Å². The van der Waals surface area contributed by atoms with Gasteiger partial charge in [0.2, 0.25) is 0 Å². The van der Waals surface area contributed by atoms with E-state index in [2.05, 4.69) is 26.0 Å². The average molecular weight is 1050 g/mol. The molecule has 0 saturated carbocycles. The Hall–Kier alpha value is -1.97. The van der Waals surface area contributed by atoms with E-state index in [0.29, 0.717) is 17.4 Å². The van der Waals surface area contributed by atoms with E-state index in [1.54, 1.807) is 0 Å². The predicted molar refractivity (Wildman–Crippen MR) is 311 cm³/mol. The number of esters is 2. The number of quaternary nitrogens is 1.